The summed E-state index contributed by atoms with van der Waals surface area (Å²) >= 11 is 0. The molecular formula is C14H19N2O4-. The lowest BCUT2D eigenvalue weighted by atomic mass is 10.1. The van der Waals surface area contributed by atoms with Crippen molar-refractivity contribution in [3.8, 4) is 0 Å². The highest BCUT2D eigenvalue weighted by atomic mass is 16.6. The van der Waals surface area contributed by atoms with Crippen molar-refractivity contribution in [2.24, 2.45) is 0 Å². The Bertz CT molecular complexity index is 454. The van der Waals surface area contributed by atoms with Gasteiger partial charge in [0.05, 0.1) is 0 Å². The molecule has 1 heterocycles. The fourth-order valence-electron chi connectivity index (χ4n) is 1.65. The molecule has 0 aromatic carbocycles. The van der Waals surface area contributed by atoms with Crippen molar-refractivity contribution >= 4 is 12.1 Å². The van der Waals surface area contributed by atoms with Gasteiger partial charge in [-0.3, -0.25) is 4.98 Å². The maximum absolute atomic E-state index is 11.7. The zero-order valence-electron chi connectivity index (χ0n) is 11.9. The van der Waals surface area contributed by atoms with Crippen molar-refractivity contribution in [3.63, 3.8) is 0 Å². The number of aliphatic carboxylic acids is 1. The molecule has 0 saturated heterocycles. The summed E-state index contributed by atoms with van der Waals surface area (Å²) in [6, 6.07) is 2.96. The number of carbonyl (C=O) groups is 2. The monoisotopic (exact) mass is 279 g/mol. The summed E-state index contributed by atoms with van der Waals surface area (Å²) < 4.78 is 5.11. The predicted octanol–water partition coefficient (Wildman–Crippen LogP) is 0.657. The zero-order valence-corrected chi connectivity index (χ0v) is 11.9. The van der Waals surface area contributed by atoms with Crippen LogP contribution in [0.1, 0.15) is 32.8 Å². The van der Waals surface area contributed by atoms with Crippen LogP contribution in [0.5, 0.6) is 0 Å². The largest absolute Gasteiger partial charge is 0.550 e. The standard InChI is InChI=1S/C14H20N2O4/c1-14(2,3)20-13(19)16-11(8-12(17)18)7-10-5-4-6-15-9-10/h4-6,9,11H,7-8H2,1-3H3,(H,16,19)(H,17,18)/p-1/t11-/m1/s1. The van der Waals surface area contributed by atoms with E-state index in [1.165, 1.54) is 0 Å². The summed E-state index contributed by atoms with van der Waals surface area (Å²) in [4.78, 5) is 26.4. The summed E-state index contributed by atoms with van der Waals surface area (Å²) in [6.45, 7) is 5.21. The fraction of sp³-hybridized carbons (Fsp3) is 0.500. The summed E-state index contributed by atoms with van der Waals surface area (Å²) in [6.07, 6.45) is 2.67. The Hall–Kier alpha value is -2.11. The number of nitrogens with one attached hydrogen (secondary N) is 1. The maximum Gasteiger partial charge on any atom is 0.407 e. The molecule has 0 unspecified atom stereocenters. The number of carboxylic acid groups (broad SMARTS) is 1. The summed E-state index contributed by atoms with van der Waals surface area (Å²) in [5, 5.41) is 13.3. The molecule has 110 valence electrons. The molecule has 0 fully saturated rings. The van der Waals surface area contributed by atoms with Crippen molar-refractivity contribution in [2.45, 2.75) is 45.3 Å². The third-order valence-corrected chi connectivity index (χ3v) is 2.34. The first kappa shape index (κ1) is 15.9. The average Bonchev–Trinajstić information content (AvgIpc) is 2.26. The highest BCUT2D eigenvalue weighted by Crippen LogP contribution is 2.09. The van der Waals surface area contributed by atoms with Crippen LogP contribution in [0.4, 0.5) is 4.79 Å². The van der Waals surface area contributed by atoms with Gasteiger partial charge in [-0.1, -0.05) is 6.07 Å². The second-order valence-electron chi connectivity index (χ2n) is 5.48. The highest BCUT2D eigenvalue weighted by Gasteiger charge is 2.20. The SMILES string of the molecule is CC(C)(C)OC(=O)N[C@@H](CC(=O)[O-])Cc1cccnc1. The maximum atomic E-state index is 11.7. The van der Waals surface area contributed by atoms with Crippen LogP contribution >= 0.6 is 0 Å². The van der Waals surface area contributed by atoms with E-state index >= 15 is 0 Å². The van der Waals surface area contributed by atoms with Crippen LogP contribution in [0.15, 0.2) is 24.5 Å². The predicted molar refractivity (Wildman–Crippen MR) is 70.7 cm³/mol. The Balaban J connectivity index is 2.65. The number of amides is 1. The number of hydrogen-bond donors (Lipinski definition) is 1. The summed E-state index contributed by atoms with van der Waals surface area (Å²) in [5.74, 6) is -1.23. The number of aromatic nitrogens is 1. The number of alkyl carbamates (subject to hydrolysis) is 1. The third-order valence-electron chi connectivity index (χ3n) is 2.34. The molecule has 0 aliphatic carbocycles. The van der Waals surface area contributed by atoms with Gasteiger partial charge in [0.1, 0.15) is 5.60 Å². The van der Waals surface area contributed by atoms with E-state index in [9.17, 15) is 14.7 Å². The molecule has 6 nitrogen and oxygen atoms in total. The Kier molecular flexibility index (Phi) is 5.49. The Morgan fingerprint density at radius 2 is 2.15 bits per heavy atom. The van der Waals surface area contributed by atoms with E-state index in [0.29, 0.717) is 6.42 Å². The molecule has 0 bridgehead atoms. The molecule has 20 heavy (non-hydrogen) atoms. The van der Waals surface area contributed by atoms with Crippen LogP contribution in [0.2, 0.25) is 0 Å². The van der Waals surface area contributed by atoms with Gasteiger partial charge in [-0.2, -0.15) is 0 Å². The molecular weight excluding hydrogens is 260 g/mol. The van der Waals surface area contributed by atoms with Crippen LogP contribution in [-0.4, -0.2) is 28.7 Å². The molecule has 0 aliphatic rings. The number of rotatable bonds is 5. The second-order valence-corrected chi connectivity index (χ2v) is 5.48. The van der Waals surface area contributed by atoms with Gasteiger partial charge in [-0.25, -0.2) is 4.79 Å². The van der Waals surface area contributed by atoms with E-state index in [0.717, 1.165) is 5.56 Å². The van der Waals surface area contributed by atoms with E-state index in [2.05, 4.69) is 10.3 Å². The number of pyridine rings is 1. The number of ether oxygens (including phenoxy) is 1. The molecule has 1 aromatic rings. The molecule has 1 N–H and O–H groups in total. The number of nitrogens with zero attached hydrogens (tertiary/aromatic N) is 1. The van der Waals surface area contributed by atoms with E-state index < -0.39 is 23.7 Å². The second kappa shape index (κ2) is 6.88. The minimum Gasteiger partial charge on any atom is -0.550 e. The third kappa shape index (κ3) is 6.72. The van der Waals surface area contributed by atoms with Gasteiger partial charge in [0, 0.05) is 30.8 Å². The van der Waals surface area contributed by atoms with E-state index in [1.807, 2.05) is 6.07 Å². The van der Waals surface area contributed by atoms with E-state index in [-0.39, 0.29) is 6.42 Å². The Morgan fingerprint density at radius 1 is 1.45 bits per heavy atom. The molecule has 0 spiro atoms. The average molecular weight is 279 g/mol. The fourth-order valence-corrected chi connectivity index (χ4v) is 1.65. The normalized spacial score (nSPS) is 12.6. The first-order valence-corrected chi connectivity index (χ1v) is 6.34. The summed E-state index contributed by atoms with van der Waals surface area (Å²) in [5.41, 5.74) is 0.194. The van der Waals surface area contributed by atoms with Crippen molar-refractivity contribution in [2.75, 3.05) is 0 Å². The van der Waals surface area contributed by atoms with Crippen molar-refractivity contribution in [1.82, 2.24) is 10.3 Å². The van der Waals surface area contributed by atoms with Crippen molar-refractivity contribution in [1.29, 1.82) is 0 Å². The molecule has 1 atom stereocenters. The van der Waals surface area contributed by atoms with Crippen LogP contribution in [0.25, 0.3) is 0 Å². The Labute approximate surface area is 118 Å². The molecule has 0 radical (unpaired) electrons. The van der Waals surface area contributed by atoms with Crippen LogP contribution < -0.4 is 10.4 Å². The number of carbonyl (C=O) groups excluding carboxylic acids is 2. The van der Waals surface area contributed by atoms with E-state index in [4.69, 9.17) is 4.74 Å². The molecule has 1 aromatic heterocycles. The minimum absolute atomic E-state index is 0.284. The Morgan fingerprint density at radius 3 is 2.65 bits per heavy atom. The topological polar surface area (TPSA) is 91.3 Å². The van der Waals surface area contributed by atoms with Gasteiger partial charge >= 0.3 is 6.09 Å². The summed E-state index contributed by atoms with van der Waals surface area (Å²) in [7, 11) is 0. The first-order chi connectivity index (χ1) is 9.26. The zero-order chi connectivity index (χ0) is 15.2. The lowest BCUT2D eigenvalue weighted by molar-refractivity contribution is -0.306. The van der Waals surface area contributed by atoms with Gasteiger partial charge in [-0.05, 0) is 38.8 Å². The van der Waals surface area contributed by atoms with Crippen LogP contribution in [0, 0.1) is 0 Å². The van der Waals surface area contributed by atoms with Gasteiger partial charge in [0.2, 0.25) is 0 Å². The number of carboxylic acids is 1. The lowest BCUT2D eigenvalue weighted by Crippen LogP contribution is -2.43. The van der Waals surface area contributed by atoms with Crippen LogP contribution in [-0.2, 0) is 16.0 Å². The quantitative estimate of drug-likeness (QED) is 0.854. The smallest absolute Gasteiger partial charge is 0.407 e. The number of hydrogen-bond acceptors (Lipinski definition) is 5. The first-order valence-electron chi connectivity index (χ1n) is 6.34. The molecule has 1 rings (SSSR count). The molecule has 0 saturated carbocycles. The molecule has 1 amide bonds. The van der Waals surface area contributed by atoms with E-state index in [1.54, 1.807) is 39.2 Å². The van der Waals surface area contributed by atoms with Gasteiger partial charge in [0.25, 0.3) is 0 Å². The highest BCUT2D eigenvalue weighted by molar-refractivity contribution is 5.70. The van der Waals surface area contributed by atoms with Crippen LogP contribution in [0.3, 0.4) is 0 Å². The molecule has 6 heteroatoms. The van der Waals surface area contributed by atoms with Gasteiger partial charge in [0.15, 0.2) is 0 Å². The van der Waals surface area contributed by atoms with Gasteiger partial charge < -0.3 is 20.0 Å². The molecule has 0 aliphatic heterocycles. The van der Waals surface area contributed by atoms with Crippen molar-refractivity contribution in [3.05, 3.63) is 30.1 Å². The van der Waals surface area contributed by atoms with Gasteiger partial charge in [-0.15, -0.1) is 0 Å². The lowest BCUT2D eigenvalue weighted by Gasteiger charge is -2.24. The van der Waals surface area contributed by atoms with Crippen molar-refractivity contribution < 1.29 is 19.4 Å². The minimum atomic E-state index is -1.23.